The Kier molecular flexibility index (Phi) is 3.79. The summed E-state index contributed by atoms with van der Waals surface area (Å²) in [4.78, 5) is 0. The Hall–Kier alpha value is -1.97. The number of alkyl halides is 3. The molecule has 0 fully saturated rings. The van der Waals surface area contributed by atoms with E-state index in [4.69, 9.17) is 0 Å². The fourth-order valence-corrected chi connectivity index (χ4v) is 1.80. The molecule has 1 nitrogen and oxygen atoms in total. The summed E-state index contributed by atoms with van der Waals surface area (Å²) in [7, 11) is 0. The van der Waals surface area contributed by atoms with Crippen LogP contribution in [0.15, 0.2) is 48.5 Å². The van der Waals surface area contributed by atoms with Gasteiger partial charge < -0.3 is 5.32 Å². The van der Waals surface area contributed by atoms with E-state index in [2.05, 4.69) is 5.32 Å². The summed E-state index contributed by atoms with van der Waals surface area (Å²) in [6.45, 7) is 2.59. The molecule has 0 amide bonds. The third-order valence-corrected chi connectivity index (χ3v) is 2.79. The number of halogens is 3. The maximum absolute atomic E-state index is 12.4. The van der Waals surface area contributed by atoms with Crippen LogP contribution in [-0.2, 0) is 12.7 Å². The van der Waals surface area contributed by atoms with Gasteiger partial charge in [0.1, 0.15) is 0 Å². The highest BCUT2D eigenvalue weighted by Gasteiger charge is 2.29. The predicted octanol–water partition coefficient (Wildman–Crippen LogP) is 4.63. The minimum Gasteiger partial charge on any atom is -0.381 e. The van der Waals surface area contributed by atoms with E-state index in [1.807, 2.05) is 31.2 Å². The Balaban J connectivity index is 2.01. The van der Waals surface area contributed by atoms with E-state index < -0.39 is 11.7 Å². The molecule has 0 spiro atoms. The number of anilines is 1. The largest absolute Gasteiger partial charge is 0.416 e. The van der Waals surface area contributed by atoms with E-state index in [9.17, 15) is 13.2 Å². The van der Waals surface area contributed by atoms with E-state index >= 15 is 0 Å². The van der Waals surface area contributed by atoms with Crippen LogP contribution < -0.4 is 5.32 Å². The Morgan fingerprint density at radius 2 is 1.68 bits per heavy atom. The van der Waals surface area contributed by atoms with Crippen molar-refractivity contribution in [1.82, 2.24) is 0 Å². The number of aryl methyl sites for hydroxylation is 1. The van der Waals surface area contributed by atoms with Gasteiger partial charge in [0.15, 0.2) is 0 Å². The molecule has 2 aromatic carbocycles. The normalized spacial score (nSPS) is 11.4. The minimum atomic E-state index is -4.28. The molecule has 0 heterocycles. The van der Waals surface area contributed by atoms with Crippen LogP contribution in [0.3, 0.4) is 0 Å². The summed E-state index contributed by atoms with van der Waals surface area (Å²) < 4.78 is 37.2. The van der Waals surface area contributed by atoms with Crippen LogP contribution in [0.5, 0.6) is 0 Å². The van der Waals surface area contributed by atoms with E-state index in [1.54, 1.807) is 0 Å². The van der Waals surface area contributed by atoms with Crippen molar-refractivity contribution in [1.29, 1.82) is 0 Å². The van der Waals surface area contributed by atoms with Crippen molar-refractivity contribution < 1.29 is 13.2 Å². The van der Waals surface area contributed by atoms with Gasteiger partial charge in [0.2, 0.25) is 0 Å². The van der Waals surface area contributed by atoms with Crippen molar-refractivity contribution >= 4 is 5.69 Å². The summed E-state index contributed by atoms with van der Waals surface area (Å²) in [5, 5.41) is 3.10. The van der Waals surface area contributed by atoms with E-state index in [0.29, 0.717) is 12.2 Å². The zero-order valence-electron chi connectivity index (χ0n) is 10.5. The maximum atomic E-state index is 12.4. The Morgan fingerprint density at radius 3 is 2.26 bits per heavy atom. The van der Waals surface area contributed by atoms with Crippen molar-refractivity contribution in [3.63, 3.8) is 0 Å². The molecule has 0 unspecified atom stereocenters. The fourth-order valence-electron chi connectivity index (χ4n) is 1.80. The maximum Gasteiger partial charge on any atom is 0.416 e. The van der Waals surface area contributed by atoms with Crippen molar-refractivity contribution in [2.24, 2.45) is 0 Å². The second kappa shape index (κ2) is 5.34. The average Bonchev–Trinajstić information content (AvgIpc) is 2.36. The molecular formula is C15H14F3N. The third-order valence-electron chi connectivity index (χ3n) is 2.79. The molecule has 0 aliphatic rings. The van der Waals surface area contributed by atoms with E-state index in [1.165, 1.54) is 12.1 Å². The molecule has 100 valence electrons. The molecule has 0 radical (unpaired) electrons. The molecule has 0 aliphatic carbocycles. The fraction of sp³-hybridized carbons (Fsp3) is 0.200. The van der Waals surface area contributed by atoms with Gasteiger partial charge in [-0.05, 0) is 36.8 Å². The van der Waals surface area contributed by atoms with Crippen LogP contribution in [0.2, 0.25) is 0 Å². The first-order valence-corrected chi connectivity index (χ1v) is 5.92. The molecular weight excluding hydrogens is 251 g/mol. The standard InChI is InChI=1S/C15H14F3N/c1-11-3-2-4-12(9-11)10-19-14-7-5-13(6-8-14)15(16,17)18/h2-9,19H,10H2,1H3. The zero-order valence-corrected chi connectivity index (χ0v) is 10.5. The molecule has 1 N–H and O–H groups in total. The summed E-state index contributed by atoms with van der Waals surface area (Å²) in [6.07, 6.45) is -4.28. The monoisotopic (exact) mass is 265 g/mol. The van der Waals surface area contributed by atoms with Crippen LogP contribution >= 0.6 is 0 Å². The zero-order chi connectivity index (χ0) is 13.9. The number of rotatable bonds is 3. The lowest BCUT2D eigenvalue weighted by Crippen LogP contribution is -2.05. The first-order valence-electron chi connectivity index (χ1n) is 5.92. The van der Waals surface area contributed by atoms with Gasteiger partial charge in [-0.2, -0.15) is 13.2 Å². The van der Waals surface area contributed by atoms with Gasteiger partial charge in [0.05, 0.1) is 5.56 Å². The second-order valence-electron chi connectivity index (χ2n) is 4.42. The van der Waals surface area contributed by atoms with Gasteiger partial charge >= 0.3 is 6.18 Å². The average molecular weight is 265 g/mol. The Bertz CT molecular complexity index is 544. The molecule has 0 aromatic heterocycles. The molecule has 0 saturated heterocycles. The van der Waals surface area contributed by atoms with Crippen LogP contribution in [0.25, 0.3) is 0 Å². The number of nitrogens with one attached hydrogen (secondary N) is 1. The van der Waals surface area contributed by atoms with Gasteiger partial charge in [-0.15, -0.1) is 0 Å². The smallest absolute Gasteiger partial charge is 0.381 e. The molecule has 2 rings (SSSR count). The van der Waals surface area contributed by atoms with Crippen LogP contribution in [0, 0.1) is 6.92 Å². The molecule has 4 heteroatoms. The van der Waals surface area contributed by atoms with Crippen LogP contribution in [0.1, 0.15) is 16.7 Å². The molecule has 0 atom stereocenters. The highest BCUT2D eigenvalue weighted by Crippen LogP contribution is 2.29. The van der Waals surface area contributed by atoms with Gasteiger partial charge in [-0.25, -0.2) is 0 Å². The molecule has 19 heavy (non-hydrogen) atoms. The lowest BCUT2D eigenvalue weighted by atomic mass is 10.1. The van der Waals surface area contributed by atoms with Gasteiger partial charge in [0.25, 0.3) is 0 Å². The molecule has 0 bridgehead atoms. The summed E-state index contributed by atoms with van der Waals surface area (Å²) in [6, 6.07) is 13.0. The number of benzene rings is 2. The quantitative estimate of drug-likeness (QED) is 0.853. The number of hydrogen-bond donors (Lipinski definition) is 1. The molecule has 0 saturated carbocycles. The van der Waals surface area contributed by atoms with E-state index in [0.717, 1.165) is 23.3 Å². The topological polar surface area (TPSA) is 12.0 Å². The van der Waals surface area contributed by atoms with Gasteiger partial charge in [-0.3, -0.25) is 0 Å². The summed E-state index contributed by atoms with van der Waals surface area (Å²) in [5.41, 5.74) is 2.30. The van der Waals surface area contributed by atoms with Gasteiger partial charge in [0, 0.05) is 12.2 Å². The highest BCUT2D eigenvalue weighted by molar-refractivity contribution is 5.45. The Morgan fingerprint density at radius 1 is 1.00 bits per heavy atom. The third kappa shape index (κ3) is 3.74. The second-order valence-corrected chi connectivity index (χ2v) is 4.42. The van der Waals surface area contributed by atoms with Crippen molar-refractivity contribution in [2.45, 2.75) is 19.6 Å². The van der Waals surface area contributed by atoms with Crippen molar-refractivity contribution in [2.75, 3.05) is 5.32 Å². The lowest BCUT2D eigenvalue weighted by Gasteiger charge is -2.10. The summed E-state index contributed by atoms with van der Waals surface area (Å²) >= 11 is 0. The van der Waals surface area contributed by atoms with Crippen molar-refractivity contribution in [3.8, 4) is 0 Å². The highest BCUT2D eigenvalue weighted by atomic mass is 19.4. The first-order chi connectivity index (χ1) is 8.95. The molecule has 0 aliphatic heterocycles. The Labute approximate surface area is 110 Å². The first kappa shape index (κ1) is 13.5. The predicted molar refractivity (Wildman–Crippen MR) is 69.9 cm³/mol. The van der Waals surface area contributed by atoms with Crippen LogP contribution in [-0.4, -0.2) is 0 Å². The minimum absolute atomic E-state index is 0.590. The SMILES string of the molecule is Cc1cccc(CNc2ccc(C(F)(F)F)cc2)c1. The number of hydrogen-bond acceptors (Lipinski definition) is 1. The van der Waals surface area contributed by atoms with Crippen LogP contribution in [0.4, 0.5) is 18.9 Å². The van der Waals surface area contributed by atoms with Gasteiger partial charge in [-0.1, -0.05) is 29.8 Å². The lowest BCUT2D eigenvalue weighted by molar-refractivity contribution is -0.137. The van der Waals surface area contributed by atoms with Crippen molar-refractivity contribution in [3.05, 3.63) is 65.2 Å². The molecule has 2 aromatic rings. The summed E-state index contributed by atoms with van der Waals surface area (Å²) in [5.74, 6) is 0. The van der Waals surface area contributed by atoms with E-state index in [-0.39, 0.29) is 0 Å².